The van der Waals surface area contributed by atoms with E-state index in [2.05, 4.69) is 12.2 Å². The molecule has 6 rings (SSSR count). The Bertz CT molecular complexity index is 2380. The summed E-state index contributed by atoms with van der Waals surface area (Å²) < 4.78 is 68.3. The van der Waals surface area contributed by atoms with Crippen LogP contribution in [0.2, 0.25) is 0 Å². The van der Waals surface area contributed by atoms with Crippen LogP contribution in [0.25, 0.3) is 0 Å². The Labute approximate surface area is 347 Å². The second kappa shape index (κ2) is 22.2. The van der Waals surface area contributed by atoms with Gasteiger partial charge in [-0.15, -0.1) is 0 Å². The number of hydrogen-bond donors (Lipinski definition) is 3. The largest absolute Gasteiger partial charge is 0.504 e. The van der Waals surface area contributed by atoms with Gasteiger partial charge in [0.15, 0.2) is 69.2 Å². The lowest BCUT2D eigenvalue weighted by Gasteiger charge is -2.13. The number of nitro groups is 1. The lowest BCUT2D eigenvalue weighted by Crippen LogP contribution is -1.98. The minimum atomic E-state index is -0.800. The van der Waals surface area contributed by atoms with Crippen LogP contribution in [-0.4, -0.2) is 30.8 Å². The number of phenols is 1. The number of non-ortho nitro benzene ring substituents is 1. The molecule has 0 unspecified atom stereocenters. The molecule has 316 valence electrons. The lowest BCUT2D eigenvalue weighted by molar-refractivity contribution is -0.385. The number of nitrogens with zero attached hydrogens (tertiary/aromatic N) is 1. The zero-order chi connectivity index (χ0) is 43.8. The highest BCUT2D eigenvalue weighted by Crippen LogP contribution is 2.37. The summed E-state index contributed by atoms with van der Waals surface area (Å²) in [6, 6.07) is 28.2. The Morgan fingerprint density at radius 2 is 1.00 bits per heavy atom. The molecule has 0 aliphatic heterocycles. The van der Waals surface area contributed by atoms with Gasteiger partial charge in [0.05, 0.1) is 25.2 Å². The van der Waals surface area contributed by atoms with Crippen LogP contribution in [0.1, 0.15) is 44.4 Å². The van der Waals surface area contributed by atoms with Gasteiger partial charge in [-0.05, 0) is 110 Å². The molecule has 0 spiro atoms. The maximum atomic E-state index is 14.0. The number of methoxy groups -OCH3 is 2. The van der Waals surface area contributed by atoms with Crippen molar-refractivity contribution < 1.29 is 46.9 Å². The Morgan fingerprint density at radius 1 is 0.567 bits per heavy atom. The molecule has 6 aromatic carbocycles. The number of aryl methyl sites for hydroxylation is 3. The second-order valence-corrected chi connectivity index (χ2v) is 12.9. The van der Waals surface area contributed by atoms with Crippen molar-refractivity contribution in [3.8, 4) is 51.7 Å². The third-order valence-electron chi connectivity index (χ3n) is 8.76. The minimum absolute atomic E-state index is 0.00873. The summed E-state index contributed by atoms with van der Waals surface area (Å²) in [5, 5.41) is 23.4. The van der Waals surface area contributed by atoms with Crippen molar-refractivity contribution in [2.75, 3.05) is 31.8 Å². The van der Waals surface area contributed by atoms with E-state index in [-0.39, 0.29) is 34.4 Å². The summed E-state index contributed by atoms with van der Waals surface area (Å²) >= 11 is 0. The van der Waals surface area contributed by atoms with Crippen molar-refractivity contribution in [3.05, 3.63) is 153 Å². The van der Waals surface area contributed by atoms with E-state index in [9.17, 15) is 28.4 Å². The number of aromatic hydroxyl groups is 1. The molecule has 0 heterocycles. The van der Waals surface area contributed by atoms with Crippen molar-refractivity contribution in [1.82, 2.24) is 0 Å². The number of benzene rings is 6. The van der Waals surface area contributed by atoms with Crippen molar-refractivity contribution in [1.29, 1.82) is 0 Å². The Kier molecular flexibility index (Phi) is 16.8. The number of phenolic OH excluding ortho intramolecular Hbond substituents is 1. The number of ether oxygens (including phenoxy) is 5. The standard InChI is InChI=1S/C17H20FNO2.C15H14FNO4.C14H14FNO2/c1-4-12-6-8-16(17(10-12)20-3)21-15-9-7-13(19-5-2)11-14(15)18;1-3-10-4-6-14(15(8-10)20-2)21-13-7-5-11(17(18)19)9-12(13)16;1-2-9-3-5-14(12(17)7-9)18-13-6-4-10(16)8-11(13)15/h6-11,19H,4-5H2,1-3H3;4-9H,3H2,1-2H3;3-8,17H,2,16H2,1H3. The number of halogens is 3. The molecule has 0 aliphatic rings. The van der Waals surface area contributed by atoms with Gasteiger partial charge in [-0.25, -0.2) is 13.2 Å². The molecule has 6 aromatic rings. The number of nitrogens with one attached hydrogen (secondary N) is 1. The van der Waals surface area contributed by atoms with E-state index >= 15 is 0 Å². The molecule has 0 bridgehead atoms. The maximum absolute atomic E-state index is 14.0. The van der Waals surface area contributed by atoms with Crippen LogP contribution in [0, 0.1) is 27.6 Å². The van der Waals surface area contributed by atoms with Crippen LogP contribution in [0.15, 0.2) is 109 Å². The molecule has 0 fully saturated rings. The van der Waals surface area contributed by atoms with Crippen molar-refractivity contribution in [2.24, 2.45) is 0 Å². The van der Waals surface area contributed by atoms with Gasteiger partial charge in [0, 0.05) is 36.1 Å². The molecule has 11 nitrogen and oxygen atoms in total. The number of hydrogen-bond acceptors (Lipinski definition) is 10. The first-order chi connectivity index (χ1) is 28.8. The molecule has 0 amide bonds. The number of nitrogens with two attached hydrogens (primary N) is 1. The smallest absolute Gasteiger partial charge is 0.272 e. The molecular formula is C46H48F3N3O8. The Hall–Kier alpha value is -7.09. The molecular weight excluding hydrogens is 780 g/mol. The van der Waals surface area contributed by atoms with Gasteiger partial charge < -0.3 is 39.8 Å². The monoisotopic (exact) mass is 827 g/mol. The predicted octanol–water partition coefficient (Wildman–Crippen LogP) is 12.2. The van der Waals surface area contributed by atoms with Crippen LogP contribution in [-0.2, 0) is 19.3 Å². The number of nitro benzene ring substituents is 1. The minimum Gasteiger partial charge on any atom is -0.504 e. The normalized spacial score (nSPS) is 10.3. The molecule has 0 radical (unpaired) electrons. The molecule has 4 N–H and O–H groups in total. The summed E-state index contributed by atoms with van der Waals surface area (Å²) in [5.74, 6) is 0.492. The van der Waals surface area contributed by atoms with Gasteiger partial charge in [-0.2, -0.15) is 0 Å². The van der Waals surface area contributed by atoms with Crippen molar-refractivity contribution in [2.45, 2.75) is 47.0 Å². The molecule has 14 heteroatoms. The Morgan fingerprint density at radius 3 is 1.43 bits per heavy atom. The highest BCUT2D eigenvalue weighted by Gasteiger charge is 2.15. The molecule has 0 saturated heterocycles. The predicted molar refractivity (Wildman–Crippen MR) is 227 cm³/mol. The van der Waals surface area contributed by atoms with E-state index < -0.39 is 22.4 Å². The average molecular weight is 828 g/mol. The van der Waals surface area contributed by atoms with E-state index in [0.29, 0.717) is 28.7 Å². The fourth-order valence-corrected chi connectivity index (χ4v) is 5.44. The first-order valence-corrected chi connectivity index (χ1v) is 19.0. The van der Waals surface area contributed by atoms with Crippen LogP contribution in [0.5, 0.6) is 51.7 Å². The summed E-state index contributed by atoms with van der Waals surface area (Å²) in [6.45, 7) is 8.75. The van der Waals surface area contributed by atoms with Gasteiger partial charge in [-0.3, -0.25) is 10.1 Å². The highest BCUT2D eigenvalue weighted by molar-refractivity contribution is 5.51. The third kappa shape index (κ3) is 12.7. The molecule has 60 heavy (non-hydrogen) atoms. The van der Waals surface area contributed by atoms with Crippen molar-refractivity contribution in [3.63, 3.8) is 0 Å². The van der Waals surface area contributed by atoms with E-state index in [0.717, 1.165) is 54.3 Å². The second-order valence-electron chi connectivity index (χ2n) is 12.9. The zero-order valence-electron chi connectivity index (χ0n) is 34.2. The summed E-state index contributed by atoms with van der Waals surface area (Å²) in [6.07, 6.45) is 2.55. The SMILES string of the molecule is CCNc1ccc(Oc2ccc(CC)cc2OC)c(F)c1.CCc1ccc(Oc2ccc(N)cc2F)c(O)c1.CCc1ccc(Oc2ccc([N+](=O)[O-])cc2F)c(OC)c1. The van der Waals surface area contributed by atoms with Crippen molar-refractivity contribution >= 4 is 17.1 Å². The van der Waals surface area contributed by atoms with E-state index in [4.69, 9.17) is 29.4 Å². The van der Waals surface area contributed by atoms with Crippen LogP contribution < -0.4 is 34.7 Å². The van der Waals surface area contributed by atoms with Crippen LogP contribution in [0.4, 0.5) is 30.2 Å². The molecule has 0 aromatic heterocycles. The zero-order valence-corrected chi connectivity index (χ0v) is 34.2. The fourth-order valence-electron chi connectivity index (χ4n) is 5.44. The Balaban J connectivity index is 0.000000199. The first-order valence-electron chi connectivity index (χ1n) is 19.0. The van der Waals surface area contributed by atoms with E-state index in [1.807, 2.05) is 45.0 Å². The molecule has 0 atom stereocenters. The van der Waals surface area contributed by atoms with E-state index in [1.54, 1.807) is 49.6 Å². The van der Waals surface area contributed by atoms with Gasteiger partial charge >= 0.3 is 0 Å². The van der Waals surface area contributed by atoms with Gasteiger partial charge in [0.1, 0.15) is 0 Å². The van der Waals surface area contributed by atoms with Crippen LogP contribution >= 0.6 is 0 Å². The number of anilines is 2. The first kappa shape index (κ1) is 45.6. The van der Waals surface area contributed by atoms with Crippen LogP contribution in [0.3, 0.4) is 0 Å². The quantitative estimate of drug-likeness (QED) is 0.0550. The molecule has 0 saturated carbocycles. The van der Waals surface area contributed by atoms with Gasteiger partial charge in [-0.1, -0.05) is 39.0 Å². The number of nitrogen functional groups attached to an aromatic ring is 1. The van der Waals surface area contributed by atoms with E-state index in [1.165, 1.54) is 43.5 Å². The topological polar surface area (TPSA) is 148 Å². The lowest BCUT2D eigenvalue weighted by atomic mass is 10.1. The maximum Gasteiger partial charge on any atom is 0.272 e. The molecule has 0 aliphatic carbocycles. The fraction of sp³-hybridized carbons (Fsp3) is 0.217. The summed E-state index contributed by atoms with van der Waals surface area (Å²) in [7, 11) is 3.07. The summed E-state index contributed by atoms with van der Waals surface area (Å²) in [4.78, 5) is 9.91. The van der Waals surface area contributed by atoms with Gasteiger partial charge in [0.2, 0.25) is 0 Å². The number of rotatable bonds is 14. The average Bonchev–Trinajstić information content (AvgIpc) is 3.24. The summed E-state index contributed by atoms with van der Waals surface area (Å²) in [5.41, 5.74) is 9.36. The highest BCUT2D eigenvalue weighted by atomic mass is 19.1. The third-order valence-corrected chi connectivity index (χ3v) is 8.76. The van der Waals surface area contributed by atoms with Gasteiger partial charge in [0.25, 0.3) is 5.69 Å².